The average molecular weight is 611 g/mol. The van der Waals surface area contributed by atoms with Gasteiger partial charge in [-0.1, -0.05) is 30.8 Å². The highest BCUT2D eigenvalue weighted by atomic mass is 19.1. The number of fused-ring (bicyclic) bond motifs is 5. The number of rotatable bonds is 7. The number of carbonyl (C=O) groups is 1. The van der Waals surface area contributed by atoms with E-state index < -0.39 is 17.5 Å². The third-order valence-corrected chi connectivity index (χ3v) is 10.8. The molecule has 0 spiro atoms. The van der Waals surface area contributed by atoms with Crippen molar-refractivity contribution >= 4 is 22.6 Å². The van der Waals surface area contributed by atoms with Crippen LogP contribution in [0.1, 0.15) is 49.1 Å². The molecule has 3 saturated heterocycles. The molecule has 8 rings (SSSR count). The summed E-state index contributed by atoms with van der Waals surface area (Å²) in [7, 11) is 0. The molecule has 3 aromatic rings. The highest BCUT2D eigenvalue weighted by Crippen LogP contribution is 2.59. The Bertz CT molecular complexity index is 1760. The van der Waals surface area contributed by atoms with Crippen molar-refractivity contribution in [2.45, 2.75) is 62.2 Å². The Morgan fingerprint density at radius 3 is 2.91 bits per heavy atom. The number of hydrogen-bond acceptors (Lipinski definition) is 7. The molecule has 2 aliphatic carbocycles. The zero-order chi connectivity index (χ0) is 30.9. The summed E-state index contributed by atoms with van der Waals surface area (Å²) < 4.78 is 37.5. The maximum absolute atomic E-state index is 16.8. The summed E-state index contributed by atoms with van der Waals surface area (Å²) in [6.45, 7) is 6.24. The van der Waals surface area contributed by atoms with Gasteiger partial charge in [0.2, 0.25) is 5.91 Å². The molecule has 10 heteroatoms. The molecule has 0 radical (unpaired) electrons. The lowest BCUT2D eigenvalue weighted by Gasteiger charge is -2.41. The minimum atomic E-state index is -0.896. The molecular formula is C35H36F2N6O2. The number of amides is 1. The molecule has 0 N–H and O–H groups in total. The summed E-state index contributed by atoms with van der Waals surface area (Å²) in [5.74, 6) is 1.03. The van der Waals surface area contributed by atoms with Gasteiger partial charge in [-0.25, -0.2) is 8.78 Å². The van der Waals surface area contributed by atoms with E-state index in [1.807, 2.05) is 29.2 Å². The molecule has 0 unspecified atom stereocenters. The largest absolute Gasteiger partial charge is 0.461 e. The van der Waals surface area contributed by atoms with E-state index in [1.165, 1.54) is 17.2 Å². The maximum Gasteiger partial charge on any atom is 0.319 e. The lowest BCUT2D eigenvalue weighted by molar-refractivity contribution is -0.128. The summed E-state index contributed by atoms with van der Waals surface area (Å²) in [5, 5.41) is 10.1. The number of piperazine rings is 1. The van der Waals surface area contributed by atoms with E-state index in [4.69, 9.17) is 9.72 Å². The predicted molar refractivity (Wildman–Crippen MR) is 166 cm³/mol. The number of alkyl halides is 1. The number of anilines is 1. The SMILES string of the molecule is C=CC(=O)N1CCN(c2nc(OC[C@@]34CCCN3C[C@H](F)C4)nc3c(F)c(-c4cccc5c4[C@H]4C[C@H]4C5)ccc23)C[C@@H]1CC#N. The van der Waals surface area contributed by atoms with Crippen LogP contribution in [0.5, 0.6) is 6.01 Å². The third kappa shape index (κ3) is 4.66. The Morgan fingerprint density at radius 1 is 1.18 bits per heavy atom. The number of ether oxygens (including phenoxy) is 1. The first-order valence-corrected chi connectivity index (χ1v) is 16.1. The summed E-state index contributed by atoms with van der Waals surface area (Å²) >= 11 is 0. The fourth-order valence-electron chi connectivity index (χ4n) is 8.60. The molecule has 8 nitrogen and oxygen atoms in total. The van der Waals surface area contributed by atoms with Crippen molar-refractivity contribution in [3.8, 4) is 23.2 Å². The van der Waals surface area contributed by atoms with E-state index in [0.29, 0.717) is 61.2 Å². The van der Waals surface area contributed by atoms with Crippen LogP contribution in [0.4, 0.5) is 14.6 Å². The molecule has 2 aromatic carbocycles. The molecule has 3 aliphatic heterocycles. The van der Waals surface area contributed by atoms with E-state index in [1.54, 1.807) is 4.90 Å². The molecular weight excluding hydrogens is 574 g/mol. The normalized spacial score (nSPS) is 28.5. The zero-order valence-corrected chi connectivity index (χ0v) is 25.2. The van der Waals surface area contributed by atoms with Crippen molar-refractivity contribution in [1.29, 1.82) is 5.26 Å². The van der Waals surface area contributed by atoms with Gasteiger partial charge in [-0.15, -0.1) is 0 Å². The molecule has 4 heterocycles. The first-order chi connectivity index (χ1) is 21.9. The molecule has 0 bridgehead atoms. The van der Waals surface area contributed by atoms with Crippen molar-refractivity contribution in [2.75, 3.05) is 44.2 Å². The number of benzene rings is 2. The molecule has 5 aliphatic rings. The minimum absolute atomic E-state index is 0.0547. The van der Waals surface area contributed by atoms with Gasteiger partial charge in [-0.2, -0.15) is 15.2 Å². The van der Waals surface area contributed by atoms with Crippen LogP contribution >= 0.6 is 0 Å². The Morgan fingerprint density at radius 2 is 2.07 bits per heavy atom. The summed E-state index contributed by atoms with van der Waals surface area (Å²) in [6.07, 6.45) is 4.95. The second-order valence-corrected chi connectivity index (χ2v) is 13.4. The third-order valence-electron chi connectivity index (χ3n) is 10.8. The second kappa shape index (κ2) is 10.8. The predicted octanol–water partition coefficient (Wildman–Crippen LogP) is 5.17. The van der Waals surface area contributed by atoms with Crippen LogP contribution in [0.2, 0.25) is 0 Å². The van der Waals surface area contributed by atoms with E-state index in [0.717, 1.165) is 37.8 Å². The van der Waals surface area contributed by atoms with Crippen molar-refractivity contribution in [1.82, 2.24) is 19.8 Å². The van der Waals surface area contributed by atoms with Crippen LogP contribution in [0.15, 0.2) is 43.0 Å². The molecule has 5 atom stereocenters. The molecule has 4 fully saturated rings. The van der Waals surface area contributed by atoms with Crippen molar-refractivity contribution in [3.05, 3.63) is 59.9 Å². The van der Waals surface area contributed by atoms with E-state index in [2.05, 4.69) is 28.6 Å². The molecule has 232 valence electrons. The van der Waals surface area contributed by atoms with Gasteiger partial charge in [0.15, 0.2) is 5.82 Å². The summed E-state index contributed by atoms with van der Waals surface area (Å²) in [6, 6.07) is 11.8. The lowest BCUT2D eigenvalue weighted by Crippen LogP contribution is -2.55. The van der Waals surface area contributed by atoms with Gasteiger partial charge >= 0.3 is 6.01 Å². The Balaban J connectivity index is 1.20. The van der Waals surface area contributed by atoms with Crippen LogP contribution in [-0.4, -0.2) is 82.8 Å². The van der Waals surface area contributed by atoms with Gasteiger partial charge in [0.25, 0.3) is 0 Å². The quantitative estimate of drug-likeness (QED) is 0.342. The first kappa shape index (κ1) is 28.4. The van der Waals surface area contributed by atoms with E-state index in [-0.39, 0.29) is 36.5 Å². The highest BCUT2D eigenvalue weighted by molar-refractivity contribution is 5.94. The van der Waals surface area contributed by atoms with Crippen LogP contribution < -0.4 is 9.64 Å². The Hall–Kier alpha value is -4.10. The number of hydrogen-bond donors (Lipinski definition) is 0. The van der Waals surface area contributed by atoms with E-state index in [9.17, 15) is 14.4 Å². The van der Waals surface area contributed by atoms with Gasteiger partial charge in [-0.05, 0) is 72.9 Å². The van der Waals surface area contributed by atoms with Crippen molar-refractivity contribution < 1.29 is 18.3 Å². The average Bonchev–Trinajstić information content (AvgIpc) is 3.37. The lowest BCUT2D eigenvalue weighted by atomic mass is 9.93. The smallest absolute Gasteiger partial charge is 0.319 e. The van der Waals surface area contributed by atoms with Crippen molar-refractivity contribution in [2.24, 2.45) is 5.92 Å². The topological polar surface area (TPSA) is 85.6 Å². The van der Waals surface area contributed by atoms with Crippen LogP contribution in [-0.2, 0) is 11.2 Å². The molecule has 1 amide bonds. The summed E-state index contributed by atoms with van der Waals surface area (Å²) in [4.78, 5) is 27.9. The number of halogens is 2. The standard InChI is InChI=1S/C35H36F2N6O2/c1-2-29(44)43-14-13-41(19-24(43)9-11-38)33-27-8-7-26(25-6-3-5-21-15-22-16-28(22)30(21)25)31(37)32(27)39-34(40-33)45-20-35-10-4-12-42(35)18-23(36)17-35/h2-3,5-8,22-24,28H,1,4,9-10,12-20H2/t22-,23-,24+,28+,35+/m1/s1. The Kier molecular flexibility index (Phi) is 6.79. The first-order valence-electron chi connectivity index (χ1n) is 16.1. The fraction of sp³-hybridized carbons (Fsp3) is 0.486. The fourth-order valence-corrected chi connectivity index (χ4v) is 8.60. The van der Waals surface area contributed by atoms with Crippen molar-refractivity contribution in [3.63, 3.8) is 0 Å². The van der Waals surface area contributed by atoms with Crippen LogP contribution in [0.25, 0.3) is 22.0 Å². The van der Waals surface area contributed by atoms with Gasteiger partial charge in [0, 0.05) is 43.5 Å². The van der Waals surface area contributed by atoms with Crippen LogP contribution in [0.3, 0.4) is 0 Å². The Labute approximate surface area is 261 Å². The monoisotopic (exact) mass is 610 g/mol. The number of carbonyl (C=O) groups excluding carboxylic acids is 1. The molecule has 45 heavy (non-hydrogen) atoms. The van der Waals surface area contributed by atoms with Gasteiger partial charge in [0.05, 0.1) is 24.1 Å². The number of aromatic nitrogens is 2. The second-order valence-electron chi connectivity index (χ2n) is 13.4. The minimum Gasteiger partial charge on any atom is -0.461 e. The van der Waals surface area contributed by atoms with Gasteiger partial charge in [-0.3, -0.25) is 9.69 Å². The van der Waals surface area contributed by atoms with Gasteiger partial charge in [0.1, 0.15) is 24.1 Å². The zero-order valence-electron chi connectivity index (χ0n) is 25.2. The molecule has 1 saturated carbocycles. The summed E-state index contributed by atoms with van der Waals surface area (Å²) in [5.41, 5.74) is 3.77. The highest BCUT2D eigenvalue weighted by Gasteiger charge is 2.50. The van der Waals surface area contributed by atoms with Crippen LogP contribution in [0, 0.1) is 23.1 Å². The van der Waals surface area contributed by atoms with Gasteiger partial charge < -0.3 is 14.5 Å². The number of nitrogens with zero attached hydrogens (tertiary/aromatic N) is 6. The maximum atomic E-state index is 16.8. The molecule has 1 aromatic heterocycles. The number of nitriles is 1. The van der Waals surface area contributed by atoms with E-state index >= 15 is 4.39 Å².